The van der Waals surface area contributed by atoms with Gasteiger partial charge in [0.05, 0.1) is 4.90 Å². The second-order valence-electron chi connectivity index (χ2n) is 5.49. The summed E-state index contributed by atoms with van der Waals surface area (Å²) >= 11 is 0. The van der Waals surface area contributed by atoms with Crippen LogP contribution in [-0.2, 0) is 10.0 Å². The van der Waals surface area contributed by atoms with Crippen molar-refractivity contribution in [1.82, 2.24) is 9.21 Å². The Bertz CT molecular complexity index is 566. The fraction of sp³-hybridized carbons (Fsp3) is 0.571. The van der Waals surface area contributed by atoms with Crippen LogP contribution in [0.4, 0.5) is 5.69 Å². The highest BCUT2D eigenvalue weighted by Crippen LogP contribution is 2.23. The third kappa shape index (κ3) is 2.97. The number of hydrogen-bond acceptors (Lipinski definition) is 4. The molecule has 0 aromatic heterocycles. The molecule has 1 aromatic rings. The van der Waals surface area contributed by atoms with Crippen molar-refractivity contribution >= 4 is 15.7 Å². The Hall–Kier alpha value is -1.11. The molecule has 1 aliphatic heterocycles. The normalized spacial score (nSPS) is 22.1. The van der Waals surface area contributed by atoms with Gasteiger partial charge in [-0.25, -0.2) is 8.42 Å². The van der Waals surface area contributed by atoms with Crippen molar-refractivity contribution in [3.8, 4) is 0 Å². The third-order valence-corrected chi connectivity index (χ3v) is 5.76. The molecular formula is C14H23N3O2S. The van der Waals surface area contributed by atoms with Crippen LogP contribution in [0.1, 0.15) is 18.9 Å². The van der Waals surface area contributed by atoms with Gasteiger partial charge in [-0.3, -0.25) is 0 Å². The first-order chi connectivity index (χ1) is 9.34. The van der Waals surface area contributed by atoms with Crippen molar-refractivity contribution in [3.63, 3.8) is 0 Å². The van der Waals surface area contributed by atoms with Crippen LogP contribution < -0.4 is 5.73 Å². The van der Waals surface area contributed by atoms with Crippen molar-refractivity contribution < 1.29 is 8.42 Å². The maximum Gasteiger partial charge on any atom is 0.243 e. The van der Waals surface area contributed by atoms with E-state index in [2.05, 4.69) is 11.8 Å². The summed E-state index contributed by atoms with van der Waals surface area (Å²) < 4.78 is 27.0. The van der Waals surface area contributed by atoms with Gasteiger partial charge in [-0.1, -0.05) is 6.92 Å². The fourth-order valence-electron chi connectivity index (χ4n) is 2.65. The van der Waals surface area contributed by atoms with Gasteiger partial charge in [0.25, 0.3) is 0 Å². The quantitative estimate of drug-likeness (QED) is 0.854. The number of likely N-dealkylation sites (N-methyl/N-ethyl adjacent to an activating group) is 1. The lowest BCUT2D eigenvalue weighted by atomic mass is 10.1. The molecule has 1 atom stereocenters. The van der Waals surface area contributed by atoms with Crippen molar-refractivity contribution in [2.75, 3.05) is 32.4 Å². The molecule has 1 unspecified atom stereocenters. The number of nitrogens with zero attached hydrogens (tertiary/aromatic N) is 2. The number of nitrogen functional groups attached to an aromatic ring is 1. The van der Waals surface area contributed by atoms with Crippen LogP contribution in [0.15, 0.2) is 23.1 Å². The standard InChI is InChI=1S/C14H23N3O2S/c1-4-13-10-17(6-5-16(13)3)20(18,19)14-8-11(2)7-12(15)9-14/h7-9,13H,4-6,10,15H2,1-3H3. The molecule has 6 heteroatoms. The van der Waals surface area contributed by atoms with Gasteiger partial charge in [0, 0.05) is 31.4 Å². The van der Waals surface area contributed by atoms with Crippen molar-refractivity contribution in [3.05, 3.63) is 23.8 Å². The van der Waals surface area contributed by atoms with Crippen LogP contribution in [-0.4, -0.2) is 50.3 Å². The Morgan fingerprint density at radius 3 is 2.60 bits per heavy atom. The highest BCUT2D eigenvalue weighted by Gasteiger charge is 2.32. The SMILES string of the molecule is CCC1CN(S(=O)(=O)c2cc(C)cc(N)c2)CCN1C. The summed E-state index contributed by atoms with van der Waals surface area (Å²) in [7, 11) is -1.40. The van der Waals surface area contributed by atoms with Gasteiger partial charge in [-0.05, 0) is 44.2 Å². The maximum absolute atomic E-state index is 12.7. The van der Waals surface area contributed by atoms with Gasteiger partial charge in [0.1, 0.15) is 0 Å². The van der Waals surface area contributed by atoms with Crippen molar-refractivity contribution in [1.29, 1.82) is 0 Å². The van der Waals surface area contributed by atoms with Gasteiger partial charge >= 0.3 is 0 Å². The predicted octanol–water partition coefficient (Wildman–Crippen LogP) is 1.29. The second-order valence-corrected chi connectivity index (χ2v) is 7.42. The van der Waals surface area contributed by atoms with E-state index in [9.17, 15) is 8.42 Å². The van der Waals surface area contributed by atoms with E-state index in [1.165, 1.54) is 0 Å². The molecule has 2 rings (SSSR count). The molecular weight excluding hydrogens is 274 g/mol. The molecule has 0 radical (unpaired) electrons. The lowest BCUT2D eigenvalue weighted by molar-refractivity contribution is 0.144. The number of benzene rings is 1. The Balaban J connectivity index is 2.30. The van der Waals surface area contributed by atoms with Gasteiger partial charge in [0.15, 0.2) is 0 Å². The number of piperazine rings is 1. The van der Waals surface area contributed by atoms with Crippen LogP contribution in [0, 0.1) is 6.92 Å². The first kappa shape index (κ1) is 15.3. The molecule has 2 N–H and O–H groups in total. The molecule has 1 aromatic carbocycles. The molecule has 112 valence electrons. The molecule has 0 bridgehead atoms. The van der Waals surface area contributed by atoms with Crippen LogP contribution in [0.2, 0.25) is 0 Å². The van der Waals surface area contributed by atoms with Crippen molar-refractivity contribution in [2.24, 2.45) is 0 Å². The summed E-state index contributed by atoms with van der Waals surface area (Å²) in [4.78, 5) is 2.52. The smallest absolute Gasteiger partial charge is 0.243 e. The molecule has 0 saturated carbocycles. The molecule has 1 heterocycles. The average Bonchev–Trinajstić information content (AvgIpc) is 2.37. The molecule has 0 aliphatic carbocycles. The van der Waals surface area contributed by atoms with Crippen LogP contribution in [0.25, 0.3) is 0 Å². The highest BCUT2D eigenvalue weighted by molar-refractivity contribution is 7.89. The van der Waals surface area contributed by atoms with Crippen LogP contribution in [0.3, 0.4) is 0 Å². The van der Waals surface area contributed by atoms with E-state index in [1.807, 2.05) is 14.0 Å². The minimum Gasteiger partial charge on any atom is -0.399 e. The van der Waals surface area contributed by atoms with Crippen molar-refractivity contribution in [2.45, 2.75) is 31.2 Å². The fourth-order valence-corrected chi connectivity index (χ4v) is 4.26. The summed E-state index contributed by atoms with van der Waals surface area (Å²) in [5.41, 5.74) is 7.13. The lowest BCUT2D eigenvalue weighted by Crippen LogP contribution is -2.52. The van der Waals surface area contributed by atoms with E-state index < -0.39 is 10.0 Å². The minimum atomic E-state index is -3.45. The maximum atomic E-state index is 12.7. The largest absolute Gasteiger partial charge is 0.399 e. The zero-order valence-electron chi connectivity index (χ0n) is 12.3. The molecule has 1 fully saturated rings. The van der Waals surface area contributed by atoms with Gasteiger partial charge in [-0.2, -0.15) is 4.31 Å². The zero-order chi connectivity index (χ0) is 14.9. The lowest BCUT2D eigenvalue weighted by Gasteiger charge is -2.38. The molecule has 1 saturated heterocycles. The van der Waals surface area contributed by atoms with E-state index >= 15 is 0 Å². The van der Waals surface area contributed by atoms with E-state index in [-0.39, 0.29) is 6.04 Å². The summed E-state index contributed by atoms with van der Waals surface area (Å²) in [6, 6.07) is 5.28. The van der Waals surface area contributed by atoms with Gasteiger partial charge < -0.3 is 10.6 Å². The van der Waals surface area contributed by atoms with E-state index in [0.29, 0.717) is 23.7 Å². The van der Waals surface area contributed by atoms with E-state index in [0.717, 1.165) is 18.5 Å². The first-order valence-corrected chi connectivity index (χ1v) is 8.36. The predicted molar refractivity (Wildman–Crippen MR) is 81.1 cm³/mol. The summed E-state index contributed by atoms with van der Waals surface area (Å²) in [6.07, 6.45) is 0.943. The summed E-state index contributed by atoms with van der Waals surface area (Å²) in [5.74, 6) is 0. The monoisotopic (exact) mass is 297 g/mol. The second kappa shape index (κ2) is 5.71. The number of anilines is 1. The zero-order valence-corrected chi connectivity index (χ0v) is 13.2. The van der Waals surface area contributed by atoms with Crippen LogP contribution >= 0.6 is 0 Å². The molecule has 0 spiro atoms. The van der Waals surface area contributed by atoms with Gasteiger partial charge in [-0.15, -0.1) is 0 Å². The summed E-state index contributed by atoms with van der Waals surface area (Å²) in [5, 5.41) is 0. The number of sulfonamides is 1. The minimum absolute atomic E-state index is 0.278. The number of nitrogens with two attached hydrogens (primary N) is 1. The molecule has 1 aliphatic rings. The topological polar surface area (TPSA) is 66.6 Å². The molecule has 5 nitrogen and oxygen atoms in total. The third-order valence-electron chi connectivity index (χ3n) is 3.92. The molecule has 0 amide bonds. The Morgan fingerprint density at radius 2 is 2.00 bits per heavy atom. The summed E-state index contributed by atoms with van der Waals surface area (Å²) in [6.45, 7) is 5.78. The molecule has 20 heavy (non-hydrogen) atoms. The Labute approximate surface area is 121 Å². The highest BCUT2D eigenvalue weighted by atomic mass is 32.2. The number of aryl methyl sites for hydroxylation is 1. The Morgan fingerprint density at radius 1 is 1.30 bits per heavy atom. The number of rotatable bonds is 3. The van der Waals surface area contributed by atoms with Gasteiger partial charge in [0.2, 0.25) is 10.0 Å². The average molecular weight is 297 g/mol. The Kier molecular flexibility index (Phi) is 4.36. The van der Waals surface area contributed by atoms with Crippen LogP contribution in [0.5, 0.6) is 0 Å². The number of hydrogen-bond donors (Lipinski definition) is 1. The van der Waals surface area contributed by atoms with E-state index in [4.69, 9.17) is 5.73 Å². The van der Waals surface area contributed by atoms with E-state index in [1.54, 1.807) is 22.5 Å². The first-order valence-electron chi connectivity index (χ1n) is 6.92.